The number of hydrogen-bond acceptors (Lipinski definition) is 4. The Balaban J connectivity index is 2.01. The first-order valence-corrected chi connectivity index (χ1v) is 8.40. The summed E-state index contributed by atoms with van der Waals surface area (Å²) in [5.41, 5.74) is 1.27. The van der Waals surface area contributed by atoms with Crippen LogP contribution in [0.3, 0.4) is 0 Å². The van der Waals surface area contributed by atoms with Crippen LogP contribution in [0.4, 0.5) is 10.1 Å². The number of aromatic nitrogens is 3. The Bertz CT molecular complexity index is 964. The topological polar surface area (TPSA) is 64.2 Å². The van der Waals surface area contributed by atoms with Crippen LogP contribution in [0.15, 0.2) is 35.0 Å². The van der Waals surface area contributed by atoms with E-state index in [1.165, 1.54) is 23.1 Å². The zero-order valence-electron chi connectivity index (χ0n) is 14.8. The summed E-state index contributed by atoms with van der Waals surface area (Å²) < 4.78 is 20.6. The number of hydrogen-bond donors (Lipinski definition) is 0. The van der Waals surface area contributed by atoms with Crippen LogP contribution in [0.1, 0.15) is 30.1 Å². The molecule has 136 valence electrons. The SMILES string of the molecule is Cc1oc(-c2cnn(C)c2)nc1C(=O)N(c1ccc(F)cc1Cl)C(C)C. The van der Waals surface area contributed by atoms with Crippen molar-refractivity contribution >= 4 is 23.2 Å². The van der Waals surface area contributed by atoms with Crippen molar-refractivity contribution in [1.82, 2.24) is 14.8 Å². The number of oxazole rings is 1. The van der Waals surface area contributed by atoms with E-state index in [-0.39, 0.29) is 22.7 Å². The smallest absolute Gasteiger partial charge is 0.280 e. The second-order valence-corrected chi connectivity index (χ2v) is 6.60. The van der Waals surface area contributed by atoms with Crippen molar-refractivity contribution in [2.24, 2.45) is 7.05 Å². The molecule has 0 saturated heterocycles. The van der Waals surface area contributed by atoms with Crippen LogP contribution in [0.25, 0.3) is 11.5 Å². The maximum absolute atomic E-state index is 13.4. The average molecular weight is 377 g/mol. The predicted octanol–water partition coefficient (Wildman–Crippen LogP) is 4.23. The van der Waals surface area contributed by atoms with Gasteiger partial charge in [-0.2, -0.15) is 5.10 Å². The third kappa shape index (κ3) is 3.35. The van der Waals surface area contributed by atoms with Crippen molar-refractivity contribution in [3.63, 3.8) is 0 Å². The lowest BCUT2D eigenvalue weighted by molar-refractivity contribution is 0.0974. The fourth-order valence-corrected chi connectivity index (χ4v) is 2.92. The fourth-order valence-electron chi connectivity index (χ4n) is 2.66. The minimum Gasteiger partial charge on any atom is -0.440 e. The van der Waals surface area contributed by atoms with E-state index in [0.29, 0.717) is 22.9 Å². The summed E-state index contributed by atoms with van der Waals surface area (Å²) in [6, 6.07) is 3.70. The normalized spacial score (nSPS) is 11.2. The molecule has 1 aromatic carbocycles. The summed E-state index contributed by atoms with van der Waals surface area (Å²) in [5.74, 6) is -0.137. The molecule has 0 bridgehead atoms. The highest BCUT2D eigenvalue weighted by Gasteiger charge is 2.28. The molecule has 0 aliphatic rings. The van der Waals surface area contributed by atoms with Crippen molar-refractivity contribution < 1.29 is 13.6 Å². The molecule has 3 rings (SSSR count). The second kappa shape index (κ2) is 6.92. The van der Waals surface area contributed by atoms with Gasteiger partial charge in [0, 0.05) is 19.3 Å². The van der Waals surface area contributed by atoms with E-state index in [1.54, 1.807) is 31.0 Å². The molecule has 0 N–H and O–H groups in total. The number of carbonyl (C=O) groups excluding carboxylic acids is 1. The van der Waals surface area contributed by atoms with Crippen LogP contribution in [0.5, 0.6) is 0 Å². The molecule has 8 heteroatoms. The van der Waals surface area contributed by atoms with E-state index >= 15 is 0 Å². The van der Waals surface area contributed by atoms with Gasteiger partial charge in [0.25, 0.3) is 5.91 Å². The highest BCUT2D eigenvalue weighted by molar-refractivity contribution is 6.34. The van der Waals surface area contributed by atoms with Gasteiger partial charge in [0.2, 0.25) is 5.89 Å². The van der Waals surface area contributed by atoms with E-state index in [2.05, 4.69) is 10.1 Å². The number of rotatable bonds is 4. The van der Waals surface area contributed by atoms with Gasteiger partial charge in [-0.15, -0.1) is 0 Å². The molecule has 0 aliphatic carbocycles. The Morgan fingerprint density at radius 1 is 1.38 bits per heavy atom. The predicted molar refractivity (Wildman–Crippen MR) is 96.8 cm³/mol. The summed E-state index contributed by atoms with van der Waals surface area (Å²) in [5, 5.41) is 4.23. The van der Waals surface area contributed by atoms with Crippen molar-refractivity contribution in [2.45, 2.75) is 26.8 Å². The number of anilines is 1. The Labute approximate surface area is 155 Å². The van der Waals surface area contributed by atoms with Crippen LogP contribution in [0.2, 0.25) is 5.02 Å². The Hall–Kier alpha value is -2.67. The molecule has 2 aromatic heterocycles. The number of carbonyl (C=O) groups is 1. The molecule has 0 radical (unpaired) electrons. The van der Waals surface area contributed by atoms with Crippen molar-refractivity contribution in [3.8, 4) is 11.5 Å². The molecule has 0 aliphatic heterocycles. The first kappa shape index (κ1) is 18.1. The number of aryl methyl sites for hydroxylation is 2. The molecule has 0 spiro atoms. The molecule has 6 nitrogen and oxygen atoms in total. The van der Waals surface area contributed by atoms with Gasteiger partial charge < -0.3 is 9.32 Å². The quantitative estimate of drug-likeness (QED) is 0.683. The van der Waals surface area contributed by atoms with Gasteiger partial charge in [0.1, 0.15) is 11.6 Å². The number of benzene rings is 1. The molecule has 1 amide bonds. The third-order valence-electron chi connectivity index (χ3n) is 3.86. The summed E-state index contributed by atoms with van der Waals surface area (Å²) in [6.07, 6.45) is 3.35. The van der Waals surface area contributed by atoms with Crippen molar-refractivity contribution in [3.05, 3.63) is 52.9 Å². The second-order valence-electron chi connectivity index (χ2n) is 6.19. The lowest BCUT2D eigenvalue weighted by Gasteiger charge is -2.27. The van der Waals surface area contributed by atoms with Crippen LogP contribution in [0, 0.1) is 12.7 Å². The van der Waals surface area contributed by atoms with E-state index < -0.39 is 5.82 Å². The standard InChI is InChI=1S/C18H18ClFN4O2/c1-10(2)24(15-6-5-13(20)7-14(15)19)18(25)16-11(3)26-17(22-16)12-8-21-23(4)9-12/h5-10H,1-4H3. The average Bonchev–Trinajstić information content (AvgIpc) is 3.15. The van der Waals surface area contributed by atoms with Gasteiger partial charge in [-0.05, 0) is 39.0 Å². The Kier molecular flexibility index (Phi) is 4.82. The van der Waals surface area contributed by atoms with Crippen LogP contribution >= 0.6 is 11.6 Å². The van der Waals surface area contributed by atoms with E-state index in [0.717, 1.165) is 0 Å². The molecule has 2 heterocycles. The van der Waals surface area contributed by atoms with E-state index in [9.17, 15) is 9.18 Å². The summed E-state index contributed by atoms with van der Waals surface area (Å²) >= 11 is 6.15. The molecule has 26 heavy (non-hydrogen) atoms. The first-order chi connectivity index (χ1) is 12.3. The molecular weight excluding hydrogens is 359 g/mol. The molecular formula is C18H18ClFN4O2. The molecule has 0 atom stereocenters. The highest BCUT2D eigenvalue weighted by atomic mass is 35.5. The summed E-state index contributed by atoms with van der Waals surface area (Å²) in [7, 11) is 1.78. The maximum atomic E-state index is 13.4. The van der Waals surface area contributed by atoms with Gasteiger partial charge in [0.05, 0.1) is 22.5 Å². The monoisotopic (exact) mass is 376 g/mol. The van der Waals surface area contributed by atoms with Crippen molar-refractivity contribution in [1.29, 1.82) is 0 Å². The van der Waals surface area contributed by atoms with E-state index in [4.69, 9.17) is 16.0 Å². The molecule has 0 saturated carbocycles. The van der Waals surface area contributed by atoms with Gasteiger partial charge in [0.15, 0.2) is 5.69 Å². The number of nitrogens with zero attached hydrogens (tertiary/aromatic N) is 4. The molecule has 3 aromatic rings. The van der Waals surface area contributed by atoms with Crippen LogP contribution in [-0.2, 0) is 7.05 Å². The molecule has 0 unspecified atom stereocenters. The first-order valence-electron chi connectivity index (χ1n) is 8.03. The number of amides is 1. The largest absolute Gasteiger partial charge is 0.440 e. The van der Waals surface area contributed by atoms with Gasteiger partial charge in [-0.25, -0.2) is 9.37 Å². The minimum absolute atomic E-state index is 0.153. The summed E-state index contributed by atoms with van der Waals surface area (Å²) in [4.78, 5) is 18.9. The van der Waals surface area contributed by atoms with Gasteiger partial charge >= 0.3 is 0 Å². The zero-order chi connectivity index (χ0) is 19.0. The van der Waals surface area contributed by atoms with Crippen LogP contribution in [-0.4, -0.2) is 26.7 Å². The van der Waals surface area contributed by atoms with Gasteiger partial charge in [-0.3, -0.25) is 9.48 Å². The van der Waals surface area contributed by atoms with Crippen molar-refractivity contribution in [2.75, 3.05) is 4.90 Å². The lowest BCUT2D eigenvalue weighted by Crippen LogP contribution is -2.37. The fraction of sp³-hybridized carbons (Fsp3) is 0.278. The number of halogens is 2. The zero-order valence-corrected chi connectivity index (χ0v) is 15.6. The Morgan fingerprint density at radius 2 is 2.12 bits per heavy atom. The Morgan fingerprint density at radius 3 is 2.69 bits per heavy atom. The molecule has 0 fully saturated rings. The third-order valence-corrected chi connectivity index (χ3v) is 4.16. The maximum Gasteiger partial charge on any atom is 0.280 e. The summed E-state index contributed by atoms with van der Waals surface area (Å²) in [6.45, 7) is 5.36. The highest BCUT2D eigenvalue weighted by Crippen LogP contribution is 2.30. The van der Waals surface area contributed by atoms with Gasteiger partial charge in [-0.1, -0.05) is 11.6 Å². The lowest BCUT2D eigenvalue weighted by atomic mass is 10.2. The van der Waals surface area contributed by atoms with E-state index in [1.807, 2.05) is 13.8 Å². The minimum atomic E-state index is -0.466. The van der Waals surface area contributed by atoms with Crippen LogP contribution < -0.4 is 4.90 Å².